The summed E-state index contributed by atoms with van der Waals surface area (Å²) in [6.07, 6.45) is -4.78. The number of nitrogens with two attached hydrogens (primary N) is 1. The van der Waals surface area contributed by atoms with Crippen molar-refractivity contribution in [2.45, 2.75) is 12.6 Å². The van der Waals surface area contributed by atoms with Gasteiger partial charge in [0.25, 0.3) is 0 Å². The van der Waals surface area contributed by atoms with Gasteiger partial charge in [0, 0.05) is 23.4 Å². The smallest absolute Gasteiger partial charge is 0.311 e. The van der Waals surface area contributed by atoms with Gasteiger partial charge in [-0.2, -0.15) is 13.2 Å². The van der Waals surface area contributed by atoms with Crippen molar-refractivity contribution in [1.82, 2.24) is 0 Å². The Bertz CT molecular complexity index is 706. The minimum Gasteiger partial charge on any atom is -0.311 e. The van der Waals surface area contributed by atoms with Crippen LogP contribution in [0, 0.1) is 5.92 Å². The van der Waals surface area contributed by atoms with E-state index < -0.39 is 39.3 Å². The van der Waals surface area contributed by atoms with Crippen LogP contribution in [0.5, 0.6) is 0 Å². The fourth-order valence-electron chi connectivity index (χ4n) is 2.43. The third-order valence-corrected chi connectivity index (χ3v) is 4.66. The zero-order valence-electron chi connectivity index (χ0n) is 11.1. The molecule has 0 bridgehead atoms. The minimum atomic E-state index is -4.63. The normalized spacial score (nSPS) is 19.8. The van der Waals surface area contributed by atoms with Crippen LogP contribution in [0.2, 0.25) is 0 Å². The van der Waals surface area contributed by atoms with Gasteiger partial charge in [-0.05, 0) is 18.2 Å². The van der Waals surface area contributed by atoms with E-state index in [0.717, 1.165) is 11.0 Å². The number of benzene rings is 1. The van der Waals surface area contributed by atoms with Crippen molar-refractivity contribution in [3.05, 3.63) is 28.2 Å². The number of alkyl halides is 3. The van der Waals surface area contributed by atoms with Crippen LogP contribution in [-0.2, 0) is 21.0 Å². The van der Waals surface area contributed by atoms with Gasteiger partial charge >= 0.3 is 6.18 Å². The minimum absolute atomic E-state index is 0.111. The second-order valence-corrected chi connectivity index (χ2v) is 7.64. The lowest BCUT2D eigenvalue weighted by Gasteiger charge is -2.22. The molecule has 1 atom stereocenters. The fourth-order valence-corrected chi connectivity index (χ4v) is 3.67. The topological polar surface area (TPSA) is 80.5 Å². The van der Waals surface area contributed by atoms with Crippen molar-refractivity contribution in [3.63, 3.8) is 0 Å². The highest BCUT2D eigenvalue weighted by Crippen LogP contribution is 2.40. The molecular formula is C12H12BrF3N2O3S. The summed E-state index contributed by atoms with van der Waals surface area (Å²) >= 11 is 2.96. The van der Waals surface area contributed by atoms with Crippen molar-refractivity contribution >= 4 is 37.5 Å². The van der Waals surface area contributed by atoms with E-state index >= 15 is 0 Å². The summed E-state index contributed by atoms with van der Waals surface area (Å²) in [5, 5.41) is 4.92. The van der Waals surface area contributed by atoms with E-state index in [0.29, 0.717) is 0 Å². The summed E-state index contributed by atoms with van der Waals surface area (Å²) in [4.78, 5) is 12.9. The second kappa shape index (κ2) is 5.82. The third-order valence-electron chi connectivity index (χ3n) is 3.23. The molecule has 0 saturated carbocycles. The zero-order valence-corrected chi connectivity index (χ0v) is 13.5. The number of carbonyl (C=O) groups is 1. The summed E-state index contributed by atoms with van der Waals surface area (Å²) in [6, 6.07) is 3.46. The quantitative estimate of drug-likeness (QED) is 0.843. The summed E-state index contributed by atoms with van der Waals surface area (Å²) in [5.41, 5.74) is -1.23. The SMILES string of the molecule is NS(=O)(=O)CC1CC(=O)N(c2ccc(Br)cc2C(F)(F)F)C1. The molecule has 0 spiro atoms. The molecule has 1 unspecified atom stereocenters. The number of carbonyl (C=O) groups excluding carboxylic acids is 1. The van der Waals surface area contributed by atoms with E-state index in [9.17, 15) is 26.4 Å². The first kappa shape index (κ1) is 17.2. The predicted octanol–water partition coefficient (Wildman–Crippen LogP) is 2.11. The van der Waals surface area contributed by atoms with Gasteiger partial charge in [0.1, 0.15) is 0 Å². The highest BCUT2D eigenvalue weighted by atomic mass is 79.9. The van der Waals surface area contributed by atoms with Crippen LogP contribution < -0.4 is 10.0 Å². The Balaban J connectivity index is 2.35. The van der Waals surface area contributed by atoms with Crippen LogP contribution in [0.15, 0.2) is 22.7 Å². The number of anilines is 1. The molecule has 1 heterocycles. The van der Waals surface area contributed by atoms with Crippen LogP contribution in [0.25, 0.3) is 0 Å². The molecular weight excluding hydrogens is 389 g/mol. The van der Waals surface area contributed by atoms with E-state index in [4.69, 9.17) is 5.14 Å². The average Bonchev–Trinajstić information content (AvgIpc) is 2.66. The lowest BCUT2D eigenvalue weighted by Crippen LogP contribution is -2.29. The van der Waals surface area contributed by atoms with Crippen LogP contribution in [-0.4, -0.2) is 26.6 Å². The van der Waals surface area contributed by atoms with Gasteiger partial charge < -0.3 is 4.90 Å². The standard InChI is InChI=1S/C12H12BrF3N2O3S/c13-8-1-2-10(9(4-8)12(14,15)16)18-5-7(3-11(18)19)6-22(17,20)21/h1-2,4,7H,3,5-6H2,(H2,17,20,21). The predicted molar refractivity (Wildman–Crippen MR) is 77.6 cm³/mol. The Labute approximate surface area is 133 Å². The summed E-state index contributed by atoms with van der Waals surface area (Å²) in [6.45, 7) is -0.111. The molecule has 22 heavy (non-hydrogen) atoms. The number of nitrogens with zero attached hydrogens (tertiary/aromatic N) is 1. The third kappa shape index (κ3) is 3.99. The van der Waals surface area contributed by atoms with E-state index in [1.54, 1.807) is 0 Å². The van der Waals surface area contributed by atoms with Crippen LogP contribution >= 0.6 is 15.9 Å². The summed E-state index contributed by atoms with van der Waals surface area (Å²) < 4.78 is 61.7. The Morgan fingerprint density at radius 2 is 2.00 bits per heavy atom. The van der Waals surface area contributed by atoms with E-state index in [-0.39, 0.29) is 23.1 Å². The van der Waals surface area contributed by atoms with E-state index in [1.807, 2.05) is 0 Å². The fraction of sp³-hybridized carbons (Fsp3) is 0.417. The van der Waals surface area contributed by atoms with E-state index in [1.165, 1.54) is 12.1 Å². The Morgan fingerprint density at radius 3 is 2.55 bits per heavy atom. The van der Waals surface area contributed by atoms with Crippen LogP contribution in [0.3, 0.4) is 0 Å². The molecule has 1 amide bonds. The number of sulfonamides is 1. The number of hydrogen-bond donors (Lipinski definition) is 1. The molecule has 1 aliphatic heterocycles. The largest absolute Gasteiger partial charge is 0.418 e. The first-order valence-electron chi connectivity index (χ1n) is 6.15. The van der Waals surface area contributed by atoms with Crippen molar-refractivity contribution in [3.8, 4) is 0 Å². The van der Waals surface area contributed by atoms with Crippen LogP contribution in [0.1, 0.15) is 12.0 Å². The molecule has 1 saturated heterocycles. The second-order valence-electron chi connectivity index (χ2n) is 5.06. The monoisotopic (exact) mass is 400 g/mol. The highest BCUT2D eigenvalue weighted by Gasteiger charge is 2.39. The van der Waals surface area contributed by atoms with E-state index in [2.05, 4.69) is 15.9 Å². The maximum atomic E-state index is 13.1. The zero-order chi connectivity index (χ0) is 16.7. The maximum Gasteiger partial charge on any atom is 0.418 e. The maximum absolute atomic E-state index is 13.1. The molecule has 10 heteroatoms. The first-order chi connectivity index (χ1) is 9.97. The van der Waals surface area contributed by atoms with Gasteiger partial charge in [0.2, 0.25) is 15.9 Å². The molecule has 1 aliphatic rings. The van der Waals surface area contributed by atoms with Gasteiger partial charge in [-0.25, -0.2) is 13.6 Å². The summed E-state index contributed by atoms with van der Waals surface area (Å²) in [7, 11) is -3.79. The summed E-state index contributed by atoms with van der Waals surface area (Å²) in [5.74, 6) is -1.61. The van der Waals surface area contributed by atoms with Gasteiger partial charge in [-0.1, -0.05) is 15.9 Å². The van der Waals surface area contributed by atoms with Crippen molar-refractivity contribution < 1.29 is 26.4 Å². The number of halogens is 4. The molecule has 2 N–H and O–H groups in total. The molecule has 0 aliphatic carbocycles. The molecule has 5 nitrogen and oxygen atoms in total. The molecule has 0 aromatic heterocycles. The number of hydrogen-bond acceptors (Lipinski definition) is 3. The number of rotatable bonds is 3. The first-order valence-corrected chi connectivity index (χ1v) is 8.66. The van der Waals surface area contributed by atoms with Gasteiger partial charge in [-0.3, -0.25) is 4.79 Å². The van der Waals surface area contributed by atoms with Crippen molar-refractivity contribution in [1.29, 1.82) is 0 Å². The number of primary sulfonamides is 1. The molecule has 1 fully saturated rings. The van der Waals surface area contributed by atoms with Crippen LogP contribution in [0.4, 0.5) is 18.9 Å². The van der Waals surface area contributed by atoms with Gasteiger partial charge in [-0.15, -0.1) is 0 Å². The molecule has 2 rings (SSSR count). The van der Waals surface area contributed by atoms with Crippen molar-refractivity contribution in [2.24, 2.45) is 11.1 Å². The molecule has 1 aromatic rings. The molecule has 122 valence electrons. The lowest BCUT2D eigenvalue weighted by atomic mass is 10.1. The molecule has 0 radical (unpaired) electrons. The van der Waals surface area contributed by atoms with Gasteiger partial charge in [0.05, 0.1) is 17.0 Å². The lowest BCUT2D eigenvalue weighted by molar-refractivity contribution is -0.137. The highest BCUT2D eigenvalue weighted by molar-refractivity contribution is 9.10. The molecule has 1 aromatic carbocycles. The van der Waals surface area contributed by atoms with Gasteiger partial charge in [0.15, 0.2) is 0 Å². The van der Waals surface area contributed by atoms with Crippen molar-refractivity contribution in [2.75, 3.05) is 17.2 Å². The Kier molecular flexibility index (Phi) is 4.56. The Morgan fingerprint density at radius 1 is 1.36 bits per heavy atom. The average molecular weight is 401 g/mol. The Hall–Kier alpha value is -1.13. The number of amides is 1.